The molecule has 1 aromatic carbocycles. The summed E-state index contributed by atoms with van der Waals surface area (Å²) in [7, 11) is 0. The number of nitrogens with one attached hydrogen (secondary N) is 1. The molecule has 0 bridgehead atoms. The molecule has 0 fully saturated rings. The Morgan fingerprint density at radius 3 is 3.08 bits per heavy atom. The highest BCUT2D eigenvalue weighted by Crippen LogP contribution is 2.31. The minimum Gasteiger partial charge on any atom is -0.370 e. The molecule has 25 heavy (non-hydrogen) atoms. The summed E-state index contributed by atoms with van der Waals surface area (Å²) < 4.78 is 19.0. The zero-order valence-electron chi connectivity index (χ0n) is 13.9. The van der Waals surface area contributed by atoms with E-state index in [1.165, 1.54) is 12.1 Å². The number of rotatable bonds is 4. The highest BCUT2D eigenvalue weighted by Gasteiger charge is 2.26. The van der Waals surface area contributed by atoms with Crippen LogP contribution in [0.5, 0.6) is 0 Å². The molecule has 128 valence electrons. The van der Waals surface area contributed by atoms with Gasteiger partial charge in [-0.1, -0.05) is 17.3 Å². The topological polar surface area (TPSA) is 67.1 Å². The van der Waals surface area contributed by atoms with Crippen LogP contribution in [0.15, 0.2) is 41.1 Å². The Morgan fingerprint density at radius 2 is 2.24 bits per heavy atom. The van der Waals surface area contributed by atoms with Gasteiger partial charge in [-0.05, 0) is 25.1 Å². The third-order valence-corrected chi connectivity index (χ3v) is 4.21. The van der Waals surface area contributed by atoms with Gasteiger partial charge >= 0.3 is 0 Å². The monoisotopic (exact) mass is 339 g/mol. The average molecular weight is 339 g/mol. The van der Waals surface area contributed by atoms with Gasteiger partial charge in [0.05, 0.1) is 6.54 Å². The maximum atomic E-state index is 13.6. The molecule has 0 radical (unpaired) electrons. The SMILES string of the molecule is CCNc1ccnc(N2CCc3onc(-c4cccc(F)c4)c3C2)n1. The summed E-state index contributed by atoms with van der Waals surface area (Å²) in [4.78, 5) is 11.0. The molecule has 0 unspecified atom stereocenters. The largest absolute Gasteiger partial charge is 0.370 e. The first-order valence-electron chi connectivity index (χ1n) is 8.30. The van der Waals surface area contributed by atoms with E-state index in [9.17, 15) is 4.39 Å². The van der Waals surface area contributed by atoms with Gasteiger partial charge in [0.2, 0.25) is 5.95 Å². The fourth-order valence-electron chi connectivity index (χ4n) is 3.02. The summed E-state index contributed by atoms with van der Waals surface area (Å²) in [5, 5.41) is 7.36. The minimum atomic E-state index is -0.288. The van der Waals surface area contributed by atoms with Gasteiger partial charge in [0.1, 0.15) is 23.1 Å². The third-order valence-electron chi connectivity index (χ3n) is 4.21. The molecule has 4 rings (SSSR count). The molecule has 3 heterocycles. The summed E-state index contributed by atoms with van der Waals surface area (Å²) in [5.41, 5.74) is 2.37. The van der Waals surface area contributed by atoms with Gasteiger partial charge < -0.3 is 14.7 Å². The molecule has 7 heteroatoms. The van der Waals surface area contributed by atoms with Gasteiger partial charge in [-0.3, -0.25) is 0 Å². The lowest BCUT2D eigenvalue weighted by Gasteiger charge is -2.26. The second-order valence-corrected chi connectivity index (χ2v) is 5.89. The normalized spacial score (nSPS) is 13.6. The smallest absolute Gasteiger partial charge is 0.227 e. The number of benzene rings is 1. The Bertz CT molecular complexity index is 895. The molecule has 1 aliphatic heterocycles. The summed E-state index contributed by atoms with van der Waals surface area (Å²) >= 11 is 0. The lowest BCUT2D eigenvalue weighted by Crippen LogP contribution is -2.31. The van der Waals surface area contributed by atoms with Crippen LogP contribution in [0, 0.1) is 5.82 Å². The number of aromatic nitrogens is 3. The van der Waals surface area contributed by atoms with Crippen molar-refractivity contribution in [1.29, 1.82) is 0 Å². The van der Waals surface area contributed by atoms with Gasteiger partial charge in [0.15, 0.2) is 0 Å². The van der Waals surface area contributed by atoms with Crippen LogP contribution in [0.25, 0.3) is 11.3 Å². The van der Waals surface area contributed by atoms with Gasteiger partial charge in [-0.25, -0.2) is 9.37 Å². The molecule has 0 amide bonds. The Balaban J connectivity index is 1.65. The third kappa shape index (κ3) is 3.05. The average Bonchev–Trinajstić information content (AvgIpc) is 3.05. The van der Waals surface area contributed by atoms with Gasteiger partial charge in [0, 0.05) is 36.8 Å². The number of hydrogen-bond donors (Lipinski definition) is 1. The number of fused-ring (bicyclic) bond motifs is 1. The van der Waals surface area contributed by atoms with E-state index in [-0.39, 0.29) is 5.82 Å². The molecule has 0 atom stereocenters. The predicted molar refractivity (Wildman–Crippen MR) is 92.8 cm³/mol. The van der Waals surface area contributed by atoms with Crippen molar-refractivity contribution in [3.05, 3.63) is 53.7 Å². The number of halogens is 1. The minimum absolute atomic E-state index is 0.288. The van der Waals surface area contributed by atoms with Crippen molar-refractivity contribution in [2.75, 3.05) is 23.3 Å². The highest BCUT2D eigenvalue weighted by molar-refractivity contribution is 5.64. The molecule has 2 aromatic heterocycles. The Hall–Kier alpha value is -2.96. The van der Waals surface area contributed by atoms with E-state index >= 15 is 0 Å². The van der Waals surface area contributed by atoms with E-state index in [1.807, 2.05) is 19.1 Å². The van der Waals surface area contributed by atoms with Crippen molar-refractivity contribution < 1.29 is 8.91 Å². The van der Waals surface area contributed by atoms with Crippen LogP contribution in [0.3, 0.4) is 0 Å². The molecule has 0 saturated carbocycles. The molecule has 1 aliphatic rings. The van der Waals surface area contributed by atoms with Gasteiger partial charge in [-0.15, -0.1) is 0 Å². The first-order valence-corrected chi connectivity index (χ1v) is 8.30. The highest BCUT2D eigenvalue weighted by atomic mass is 19.1. The van der Waals surface area contributed by atoms with Crippen LogP contribution in [-0.4, -0.2) is 28.2 Å². The maximum absolute atomic E-state index is 13.6. The van der Waals surface area contributed by atoms with Crippen LogP contribution < -0.4 is 10.2 Å². The van der Waals surface area contributed by atoms with E-state index in [0.717, 1.165) is 30.2 Å². The van der Waals surface area contributed by atoms with E-state index in [1.54, 1.807) is 12.3 Å². The van der Waals surface area contributed by atoms with Gasteiger partial charge in [-0.2, -0.15) is 4.98 Å². The molecule has 0 aliphatic carbocycles. The number of nitrogens with zero attached hydrogens (tertiary/aromatic N) is 4. The lowest BCUT2D eigenvalue weighted by molar-refractivity contribution is 0.378. The fraction of sp³-hybridized carbons (Fsp3) is 0.278. The van der Waals surface area contributed by atoms with E-state index < -0.39 is 0 Å². The summed E-state index contributed by atoms with van der Waals surface area (Å²) in [5.74, 6) is 2.02. The number of hydrogen-bond acceptors (Lipinski definition) is 6. The van der Waals surface area contributed by atoms with Crippen LogP contribution in [-0.2, 0) is 13.0 Å². The van der Waals surface area contributed by atoms with Crippen LogP contribution in [0.1, 0.15) is 18.2 Å². The fourth-order valence-corrected chi connectivity index (χ4v) is 3.02. The first-order chi connectivity index (χ1) is 12.2. The zero-order chi connectivity index (χ0) is 17.2. The summed E-state index contributed by atoms with van der Waals surface area (Å²) in [6.07, 6.45) is 2.46. The van der Waals surface area contributed by atoms with Crippen LogP contribution >= 0.6 is 0 Å². The maximum Gasteiger partial charge on any atom is 0.227 e. The molecule has 1 N–H and O–H groups in total. The lowest BCUT2D eigenvalue weighted by atomic mass is 10.0. The summed E-state index contributed by atoms with van der Waals surface area (Å²) in [6, 6.07) is 8.25. The molecule has 0 saturated heterocycles. The molecule has 0 spiro atoms. The second kappa shape index (κ2) is 6.51. The van der Waals surface area contributed by atoms with Crippen molar-refractivity contribution in [2.45, 2.75) is 19.9 Å². The molecule has 3 aromatic rings. The second-order valence-electron chi connectivity index (χ2n) is 5.89. The molecular formula is C18H18FN5O. The summed E-state index contributed by atoms with van der Waals surface area (Å²) in [6.45, 7) is 4.16. The standard InChI is InChI=1S/C18H18FN5O/c1-2-20-16-6-8-21-18(22-16)24-9-7-15-14(11-24)17(23-25-15)12-4-3-5-13(19)10-12/h3-6,8,10H,2,7,9,11H2,1H3,(H,20,21,22). The molecule has 6 nitrogen and oxygen atoms in total. The van der Waals surface area contributed by atoms with E-state index in [2.05, 4.69) is 25.3 Å². The van der Waals surface area contributed by atoms with Crippen molar-refractivity contribution in [3.8, 4) is 11.3 Å². The Kier molecular flexibility index (Phi) is 4.05. The zero-order valence-corrected chi connectivity index (χ0v) is 13.9. The Morgan fingerprint density at radius 1 is 1.32 bits per heavy atom. The van der Waals surface area contributed by atoms with Crippen molar-refractivity contribution in [1.82, 2.24) is 15.1 Å². The van der Waals surface area contributed by atoms with E-state index in [0.29, 0.717) is 30.2 Å². The first kappa shape index (κ1) is 15.6. The van der Waals surface area contributed by atoms with Crippen LogP contribution in [0.2, 0.25) is 0 Å². The molecular weight excluding hydrogens is 321 g/mol. The van der Waals surface area contributed by atoms with Crippen LogP contribution in [0.4, 0.5) is 16.2 Å². The van der Waals surface area contributed by atoms with Crippen molar-refractivity contribution >= 4 is 11.8 Å². The number of anilines is 2. The van der Waals surface area contributed by atoms with Crippen molar-refractivity contribution in [3.63, 3.8) is 0 Å². The van der Waals surface area contributed by atoms with E-state index in [4.69, 9.17) is 4.52 Å². The Labute approximate surface area is 144 Å². The van der Waals surface area contributed by atoms with Gasteiger partial charge in [0.25, 0.3) is 0 Å². The van der Waals surface area contributed by atoms with Crippen molar-refractivity contribution in [2.24, 2.45) is 0 Å². The quantitative estimate of drug-likeness (QED) is 0.787. The predicted octanol–water partition coefficient (Wildman–Crippen LogP) is 3.27.